The summed E-state index contributed by atoms with van der Waals surface area (Å²) in [7, 11) is -1.93. The van der Waals surface area contributed by atoms with Crippen molar-refractivity contribution in [1.82, 2.24) is 5.32 Å². The van der Waals surface area contributed by atoms with E-state index >= 15 is 0 Å². The van der Waals surface area contributed by atoms with Crippen molar-refractivity contribution in [3.8, 4) is 5.75 Å². The largest absolute Gasteiger partial charge is 0.487 e. The lowest BCUT2D eigenvalue weighted by Crippen LogP contribution is -2.44. The number of sulfonamides is 1. The normalized spacial score (nSPS) is 17.6. The number of carbonyl (C=O) groups excluding carboxylic acids is 1. The number of rotatable bonds is 6. The van der Waals surface area contributed by atoms with Gasteiger partial charge in [0.2, 0.25) is 10.0 Å². The molecule has 1 heterocycles. The second-order valence-electron chi connectivity index (χ2n) is 7.99. The quantitative estimate of drug-likeness (QED) is 0.745. The predicted molar refractivity (Wildman–Crippen MR) is 120 cm³/mol. The lowest BCUT2D eigenvalue weighted by atomic mass is 9.83. The Morgan fingerprint density at radius 2 is 1.87 bits per heavy atom. The fourth-order valence-electron chi connectivity index (χ4n) is 3.94. The second kappa shape index (κ2) is 8.30. The molecule has 30 heavy (non-hydrogen) atoms. The van der Waals surface area contributed by atoms with E-state index in [1.54, 1.807) is 18.2 Å². The lowest BCUT2D eigenvalue weighted by molar-refractivity contribution is 0.0227. The number of nitrogens with one attached hydrogen (secondary N) is 1. The smallest absolute Gasteiger partial charge is 0.251 e. The van der Waals surface area contributed by atoms with Gasteiger partial charge in [0.25, 0.3) is 5.91 Å². The molecule has 0 spiro atoms. The Morgan fingerprint density at radius 3 is 2.50 bits per heavy atom. The maximum Gasteiger partial charge on any atom is 0.251 e. The van der Waals surface area contributed by atoms with Crippen molar-refractivity contribution >= 4 is 21.6 Å². The average molecular weight is 431 g/mol. The van der Waals surface area contributed by atoms with Crippen LogP contribution in [0.1, 0.15) is 60.6 Å². The molecule has 1 aliphatic rings. The molecule has 1 amide bonds. The van der Waals surface area contributed by atoms with Gasteiger partial charge < -0.3 is 10.1 Å². The first-order valence-electron chi connectivity index (χ1n) is 10.2. The van der Waals surface area contributed by atoms with Crippen LogP contribution in [0.4, 0.5) is 5.69 Å². The molecule has 0 fully saturated rings. The molecule has 0 saturated heterocycles. The number of benzene rings is 2. The maximum atomic E-state index is 13.1. The van der Waals surface area contributed by atoms with Crippen molar-refractivity contribution in [2.24, 2.45) is 0 Å². The number of aryl methyl sites for hydroxylation is 1. The van der Waals surface area contributed by atoms with Crippen LogP contribution in [-0.4, -0.2) is 33.2 Å². The number of hydrogen-bond donors (Lipinski definition) is 1. The number of carbonyl (C=O) groups is 1. The van der Waals surface area contributed by atoms with Crippen molar-refractivity contribution in [3.63, 3.8) is 0 Å². The molecule has 1 N–H and O–H groups in total. The van der Waals surface area contributed by atoms with Gasteiger partial charge in [-0.2, -0.15) is 0 Å². The third-order valence-corrected chi connectivity index (χ3v) is 7.29. The van der Waals surface area contributed by atoms with E-state index < -0.39 is 10.0 Å². The Balaban J connectivity index is 1.92. The summed E-state index contributed by atoms with van der Waals surface area (Å²) in [6.45, 7) is 6.03. The topological polar surface area (TPSA) is 75.7 Å². The van der Waals surface area contributed by atoms with Gasteiger partial charge in [-0.05, 0) is 43.5 Å². The molecule has 1 aliphatic heterocycles. The Labute approximate surface area is 179 Å². The van der Waals surface area contributed by atoms with Gasteiger partial charge in [0.15, 0.2) is 0 Å². The summed E-state index contributed by atoms with van der Waals surface area (Å²) in [6.07, 6.45) is 3.52. The molecule has 3 rings (SSSR count). The average Bonchev–Trinajstić information content (AvgIpc) is 2.72. The molecule has 0 aromatic heterocycles. The molecule has 0 aliphatic carbocycles. The first-order chi connectivity index (χ1) is 14.1. The maximum absolute atomic E-state index is 13.1. The first-order valence-corrected chi connectivity index (χ1v) is 12.1. The van der Waals surface area contributed by atoms with E-state index in [-0.39, 0.29) is 17.6 Å². The minimum Gasteiger partial charge on any atom is -0.487 e. The van der Waals surface area contributed by atoms with E-state index in [9.17, 15) is 13.2 Å². The minimum absolute atomic E-state index is 0.181. The number of para-hydroxylation sites is 1. The van der Waals surface area contributed by atoms with E-state index in [0.717, 1.165) is 36.0 Å². The van der Waals surface area contributed by atoms with E-state index in [4.69, 9.17) is 4.74 Å². The number of ether oxygens (including phenoxy) is 1. The van der Waals surface area contributed by atoms with Gasteiger partial charge in [-0.3, -0.25) is 9.10 Å². The zero-order valence-electron chi connectivity index (χ0n) is 18.2. The minimum atomic E-state index is -3.43. The van der Waals surface area contributed by atoms with Crippen molar-refractivity contribution in [2.45, 2.75) is 51.7 Å². The highest BCUT2D eigenvalue weighted by atomic mass is 32.2. The van der Waals surface area contributed by atoms with Gasteiger partial charge in [0.05, 0.1) is 18.0 Å². The molecule has 2 aromatic carbocycles. The van der Waals surface area contributed by atoms with E-state index in [1.165, 1.54) is 11.4 Å². The molecule has 0 unspecified atom stereocenters. The Hall–Kier alpha value is -2.54. The molecule has 6 nitrogen and oxygen atoms in total. The standard InChI is InChI=1S/C23H30N2O4S/c1-6-23(7-2)15-19(18-10-8-9-11-21(18)29-23)24-22(26)17-13-12-16(3)20(14-17)25(4)30(5,27)28/h8-14,19H,6-7,15H2,1-5H3,(H,24,26)/t19-/m1/s1. The Morgan fingerprint density at radius 1 is 1.20 bits per heavy atom. The SMILES string of the molecule is CCC1(CC)C[C@@H](NC(=O)c2ccc(C)c(N(C)S(C)(=O)=O)c2)c2ccccc2O1. The van der Waals surface area contributed by atoms with Gasteiger partial charge in [-0.1, -0.05) is 38.1 Å². The lowest BCUT2D eigenvalue weighted by Gasteiger charge is -2.41. The van der Waals surface area contributed by atoms with Crippen LogP contribution in [0.5, 0.6) is 5.75 Å². The summed E-state index contributed by atoms with van der Waals surface area (Å²) in [4.78, 5) is 13.1. The van der Waals surface area contributed by atoms with E-state index in [1.807, 2.05) is 31.2 Å². The molecular formula is C23H30N2O4S. The van der Waals surface area contributed by atoms with Crippen molar-refractivity contribution < 1.29 is 17.9 Å². The van der Waals surface area contributed by atoms with Crippen LogP contribution in [-0.2, 0) is 10.0 Å². The molecule has 7 heteroatoms. The van der Waals surface area contributed by atoms with Crippen LogP contribution in [0.25, 0.3) is 0 Å². The molecule has 0 bridgehead atoms. The highest BCUT2D eigenvalue weighted by molar-refractivity contribution is 7.92. The predicted octanol–water partition coefficient (Wildman–Crippen LogP) is 4.20. The molecule has 2 aromatic rings. The number of nitrogens with zero attached hydrogens (tertiary/aromatic N) is 1. The van der Waals surface area contributed by atoms with Crippen LogP contribution in [0.15, 0.2) is 42.5 Å². The van der Waals surface area contributed by atoms with E-state index in [0.29, 0.717) is 17.7 Å². The third kappa shape index (κ3) is 4.31. The van der Waals surface area contributed by atoms with Crippen LogP contribution in [0.3, 0.4) is 0 Å². The van der Waals surface area contributed by atoms with Gasteiger partial charge >= 0.3 is 0 Å². The fourth-order valence-corrected chi connectivity index (χ4v) is 4.49. The summed E-state index contributed by atoms with van der Waals surface area (Å²) in [5.74, 6) is 0.570. The van der Waals surface area contributed by atoms with Gasteiger partial charge in [-0.15, -0.1) is 0 Å². The highest BCUT2D eigenvalue weighted by Gasteiger charge is 2.39. The van der Waals surface area contributed by atoms with Crippen LogP contribution < -0.4 is 14.4 Å². The summed E-state index contributed by atoms with van der Waals surface area (Å²) < 4.78 is 31.4. The third-order valence-electron chi connectivity index (χ3n) is 6.10. The van der Waals surface area contributed by atoms with Gasteiger partial charge in [0.1, 0.15) is 11.4 Å². The number of anilines is 1. The molecule has 0 saturated carbocycles. The fraction of sp³-hybridized carbons (Fsp3) is 0.435. The van der Waals surface area contributed by atoms with Crippen molar-refractivity contribution in [1.29, 1.82) is 0 Å². The van der Waals surface area contributed by atoms with Crippen molar-refractivity contribution in [2.75, 3.05) is 17.6 Å². The highest BCUT2D eigenvalue weighted by Crippen LogP contribution is 2.42. The number of fused-ring (bicyclic) bond motifs is 1. The molecule has 162 valence electrons. The number of amides is 1. The van der Waals surface area contributed by atoms with Crippen LogP contribution >= 0.6 is 0 Å². The molecule has 0 radical (unpaired) electrons. The number of hydrogen-bond acceptors (Lipinski definition) is 4. The zero-order valence-corrected chi connectivity index (χ0v) is 19.0. The van der Waals surface area contributed by atoms with Crippen LogP contribution in [0.2, 0.25) is 0 Å². The van der Waals surface area contributed by atoms with Gasteiger partial charge in [0, 0.05) is 24.6 Å². The summed E-state index contributed by atoms with van der Waals surface area (Å²) >= 11 is 0. The second-order valence-corrected chi connectivity index (χ2v) is 10.0. The Bertz CT molecular complexity index is 1040. The summed E-state index contributed by atoms with van der Waals surface area (Å²) in [5.41, 5.74) is 2.35. The van der Waals surface area contributed by atoms with E-state index in [2.05, 4.69) is 19.2 Å². The Kier molecular flexibility index (Phi) is 6.13. The molecule has 1 atom stereocenters. The van der Waals surface area contributed by atoms with Gasteiger partial charge in [-0.25, -0.2) is 8.42 Å². The summed E-state index contributed by atoms with van der Waals surface area (Å²) in [6, 6.07) is 12.7. The summed E-state index contributed by atoms with van der Waals surface area (Å²) in [5, 5.41) is 3.15. The monoisotopic (exact) mass is 430 g/mol. The van der Waals surface area contributed by atoms with Crippen LogP contribution in [0, 0.1) is 6.92 Å². The van der Waals surface area contributed by atoms with Crippen molar-refractivity contribution in [3.05, 3.63) is 59.2 Å². The first kappa shape index (κ1) is 22.2. The zero-order chi connectivity index (χ0) is 22.1. The molecular weight excluding hydrogens is 400 g/mol.